The minimum absolute atomic E-state index is 0.127. The molecule has 0 saturated heterocycles. The van der Waals surface area contributed by atoms with E-state index in [0.29, 0.717) is 18.3 Å². The summed E-state index contributed by atoms with van der Waals surface area (Å²) in [4.78, 5) is 20.6. The third kappa shape index (κ3) is 3.63. The average Bonchev–Trinajstić information content (AvgIpc) is 3.14. The smallest absolute Gasteiger partial charge is 0.271 e. The summed E-state index contributed by atoms with van der Waals surface area (Å²) in [6, 6.07) is 0.577. The standard InChI is InChI=1S/C17H25N5O/c1-13-10-19-16(22(13)14-6-4-3-5-7-14)8-9-18-17(23)15-11-21(2)12-20-15/h10-12,14H,3-9H2,1-2H3,(H,18,23). The summed E-state index contributed by atoms with van der Waals surface area (Å²) >= 11 is 0. The number of nitrogens with zero attached hydrogens (tertiary/aromatic N) is 4. The molecule has 3 rings (SSSR count). The zero-order valence-corrected chi connectivity index (χ0v) is 14.0. The van der Waals surface area contributed by atoms with Crippen molar-refractivity contribution in [2.75, 3.05) is 6.54 Å². The molecule has 6 nitrogen and oxygen atoms in total. The Hall–Kier alpha value is -2.11. The predicted molar refractivity (Wildman–Crippen MR) is 88.3 cm³/mol. The van der Waals surface area contributed by atoms with Crippen molar-refractivity contribution >= 4 is 5.91 Å². The number of rotatable bonds is 5. The number of imidazole rings is 2. The van der Waals surface area contributed by atoms with Crippen molar-refractivity contribution in [2.24, 2.45) is 7.05 Å². The van der Waals surface area contributed by atoms with Gasteiger partial charge in [-0.1, -0.05) is 19.3 Å². The maximum absolute atomic E-state index is 12.0. The number of amides is 1. The zero-order valence-electron chi connectivity index (χ0n) is 14.0. The molecule has 0 bridgehead atoms. The van der Waals surface area contributed by atoms with Gasteiger partial charge in [-0.2, -0.15) is 0 Å². The van der Waals surface area contributed by atoms with Gasteiger partial charge in [0.05, 0.1) is 6.33 Å². The maximum atomic E-state index is 12.0. The van der Waals surface area contributed by atoms with E-state index in [1.165, 1.54) is 37.8 Å². The molecule has 1 N–H and O–H groups in total. The predicted octanol–water partition coefficient (Wildman–Crippen LogP) is 2.40. The molecular weight excluding hydrogens is 290 g/mol. The van der Waals surface area contributed by atoms with Crippen LogP contribution >= 0.6 is 0 Å². The van der Waals surface area contributed by atoms with Crippen molar-refractivity contribution in [3.05, 3.63) is 35.9 Å². The van der Waals surface area contributed by atoms with Crippen molar-refractivity contribution in [3.63, 3.8) is 0 Å². The highest BCUT2D eigenvalue weighted by atomic mass is 16.1. The maximum Gasteiger partial charge on any atom is 0.271 e. The highest BCUT2D eigenvalue weighted by Crippen LogP contribution is 2.30. The molecule has 0 aromatic carbocycles. The Morgan fingerprint density at radius 2 is 2.09 bits per heavy atom. The second kappa shape index (κ2) is 6.98. The highest BCUT2D eigenvalue weighted by molar-refractivity contribution is 5.91. The van der Waals surface area contributed by atoms with Crippen molar-refractivity contribution in [3.8, 4) is 0 Å². The van der Waals surface area contributed by atoms with Gasteiger partial charge >= 0.3 is 0 Å². The molecule has 1 amide bonds. The van der Waals surface area contributed by atoms with Gasteiger partial charge in [-0.25, -0.2) is 9.97 Å². The van der Waals surface area contributed by atoms with Crippen LogP contribution in [0.5, 0.6) is 0 Å². The van der Waals surface area contributed by atoms with Gasteiger partial charge in [0.2, 0.25) is 0 Å². The molecular formula is C17H25N5O. The lowest BCUT2D eigenvalue weighted by molar-refractivity contribution is 0.0949. The summed E-state index contributed by atoms with van der Waals surface area (Å²) in [6.45, 7) is 2.70. The minimum atomic E-state index is -0.127. The van der Waals surface area contributed by atoms with E-state index in [0.717, 1.165) is 12.2 Å². The van der Waals surface area contributed by atoms with Crippen LogP contribution in [0.25, 0.3) is 0 Å². The van der Waals surface area contributed by atoms with Crippen molar-refractivity contribution in [2.45, 2.75) is 51.5 Å². The van der Waals surface area contributed by atoms with E-state index >= 15 is 0 Å². The molecule has 0 unspecified atom stereocenters. The Morgan fingerprint density at radius 1 is 1.30 bits per heavy atom. The molecule has 6 heteroatoms. The summed E-state index contributed by atoms with van der Waals surface area (Å²) in [6.07, 6.45) is 12.5. The van der Waals surface area contributed by atoms with Gasteiger partial charge in [-0.3, -0.25) is 4.79 Å². The molecule has 23 heavy (non-hydrogen) atoms. The molecule has 0 spiro atoms. The molecule has 1 aliphatic carbocycles. The van der Waals surface area contributed by atoms with Crippen LogP contribution in [0.4, 0.5) is 0 Å². The van der Waals surface area contributed by atoms with Gasteiger partial charge in [0, 0.05) is 44.1 Å². The molecule has 1 saturated carbocycles. The van der Waals surface area contributed by atoms with Crippen LogP contribution in [0.15, 0.2) is 18.7 Å². The van der Waals surface area contributed by atoms with E-state index < -0.39 is 0 Å². The molecule has 1 aliphatic rings. The monoisotopic (exact) mass is 315 g/mol. The van der Waals surface area contributed by atoms with E-state index in [1.807, 2.05) is 13.2 Å². The number of nitrogens with one attached hydrogen (secondary N) is 1. The van der Waals surface area contributed by atoms with E-state index in [9.17, 15) is 4.79 Å². The summed E-state index contributed by atoms with van der Waals surface area (Å²) in [5, 5.41) is 2.93. The van der Waals surface area contributed by atoms with Gasteiger partial charge in [0.15, 0.2) is 0 Å². The van der Waals surface area contributed by atoms with Crippen molar-refractivity contribution in [1.29, 1.82) is 0 Å². The summed E-state index contributed by atoms with van der Waals surface area (Å²) < 4.78 is 4.15. The van der Waals surface area contributed by atoms with E-state index in [-0.39, 0.29) is 5.91 Å². The van der Waals surface area contributed by atoms with E-state index in [2.05, 4.69) is 26.8 Å². The molecule has 124 valence electrons. The minimum Gasteiger partial charge on any atom is -0.350 e. The Bertz CT molecular complexity index is 666. The van der Waals surface area contributed by atoms with Crippen molar-refractivity contribution < 1.29 is 4.79 Å². The van der Waals surface area contributed by atoms with Gasteiger partial charge in [0.25, 0.3) is 5.91 Å². The summed E-state index contributed by atoms with van der Waals surface area (Å²) in [5.41, 5.74) is 1.68. The first-order valence-corrected chi connectivity index (χ1v) is 8.44. The molecule has 2 heterocycles. The third-order valence-corrected chi connectivity index (χ3v) is 4.57. The molecule has 2 aromatic rings. The van der Waals surface area contributed by atoms with Crippen LogP contribution in [0, 0.1) is 6.92 Å². The Labute approximate surface area is 136 Å². The zero-order chi connectivity index (χ0) is 16.2. The molecule has 0 atom stereocenters. The Kier molecular flexibility index (Phi) is 4.79. The second-order valence-electron chi connectivity index (χ2n) is 6.41. The first kappa shape index (κ1) is 15.8. The number of hydrogen-bond donors (Lipinski definition) is 1. The van der Waals surface area contributed by atoms with Crippen LogP contribution in [0.1, 0.15) is 60.2 Å². The van der Waals surface area contributed by atoms with Crippen LogP contribution < -0.4 is 5.32 Å². The molecule has 0 aliphatic heterocycles. The number of aromatic nitrogens is 4. The van der Waals surface area contributed by atoms with E-state index in [1.54, 1.807) is 17.1 Å². The first-order valence-electron chi connectivity index (χ1n) is 8.44. The fourth-order valence-electron chi connectivity index (χ4n) is 3.43. The average molecular weight is 315 g/mol. The van der Waals surface area contributed by atoms with Gasteiger partial charge < -0.3 is 14.5 Å². The number of aryl methyl sites for hydroxylation is 2. The molecule has 2 aromatic heterocycles. The largest absolute Gasteiger partial charge is 0.350 e. The highest BCUT2D eigenvalue weighted by Gasteiger charge is 2.20. The Balaban J connectivity index is 1.59. The Morgan fingerprint density at radius 3 is 2.78 bits per heavy atom. The van der Waals surface area contributed by atoms with E-state index in [4.69, 9.17) is 0 Å². The normalized spacial score (nSPS) is 15.7. The lowest BCUT2D eigenvalue weighted by Gasteiger charge is -2.26. The molecule has 1 fully saturated rings. The van der Waals surface area contributed by atoms with Gasteiger partial charge in [-0.15, -0.1) is 0 Å². The summed E-state index contributed by atoms with van der Waals surface area (Å²) in [7, 11) is 1.85. The van der Waals surface area contributed by atoms with Crippen molar-refractivity contribution in [1.82, 2.24) is 24.4 Å². The fraction of sp³-hybridized carbons (Fsp3) is 0.588. The molecule has 0 radical (unpaired) electrons. The third-order valence-electron chi connectivity index (χ3n) is 4.57. The number of carbonyl (C=O) groups is 1. The van der Waals surface area contributed by atoms with Crippen LogP contribution in [0.2, 0.25) is 0 Å². The lowest BCUT2D eigenvalue weighted by atomic mass is 9.95. The van der Waals surface area contributed by atoms with Crippen LogP contribution in [0.3, 0.4) is 0 Å². The summed E-state index contributed by atoms with van der Waals surface area (Å²) in [5.74, 6) is 0.953. The van der Waals surface area contributed by atoms with Crippen LogP contribution in [-0.4, -0.2) is 31.6 Å². The topological polar surface area (TPSA) is 64.7 Å². The quantitative estimate of drug-likeness (QED) is 0.921. The second-order valence-corrected chi connectivity index (χ2v) is 6.41. The van der Waals surface area contributed by atoms with Gasteiger partial charge in [0.1, 0.15) is 11.5 Å². The fourth-order valence-corrected chi connectivity index (χ4v) is 3.43. The lowest BCUT2D eigenvalue weighted by Crippen LogP contribution is -2.27. The first-order chi connectivity index (χ1) is 11.1. The number of hydrogen-bond acceptors (Lipinski definition) is 3. The SMILES string of the molecule is Cc1cnc(CCNC(=O)c2cn(C)cn2)n1C1CCCCC1. The van der Waals surface area contributed by atoms with Gasteiger partial charge in [-0.05, 0) is 19.8 Å². The van der Waals surface area contributed by atoms with Crippen LogP contribution in [-0.2, 0) is 13.5 Å². The number of carbonyl (C=O) groups excluding carboxylic acids is 1.